The Kier molecular flexibility index (Phi) is 3.60. The maximum Gasteiger partial charge on any atom is 0.147 e. The van der Waals surface area contributed by atoms with Gasteiger partial charge in [-0.15, -0.1) is 0 Å². The Morgan fingerprint density at radius 1 is 0.750 bits per heavy atom. The Hall–Kier alpha value is -0.470. The first-order valence-corrected chi connectivity index (χ1v) is 5.85. The summed E-state index contributed by atoms with van der Waals surface area (Å²) in [6.07, 6.45) is 1.63. The van der Waals surface area contributed by atoms with Crippen molar-refractivity contribution in [1.29, 1.82) is 0 Å². The molecule has 0 aliphatic carbocycles. The van der Waals surface area contributed by atoms with Crippen LogP contribution in [0.3, 0.4) is 0 Å². The normalized spacial score (nSPS) is 10.5. The Labute approximate surface area is 113 Å². The molecule has 0 atom stereocenters. The number of hydrogen-bond donors (Lipinski definition) is 0. The van der Waals surface area contributed by atoms with E-state index in [-0.39, 0.29) is 5.15 Å². The fourth-order valence-corrected chi connectivity index (χ4v) is 1.82. The van der Waals surface area contributed by atoms with Crippen LogP contribution in [0.4, 0.5) is 0 Å². The SMILES string of the molecule is Clc1ccc(-c2cnc(Cl)c(Cl)c2)cc1Cl. The average Bonchev–Trinajstić information content (AvgIpc) is 2.26. The summed E-state index contributed by atoms with van der Waals surface area (Å²) >= 11 is 23.4. The maximum absolute atomic E-state index is 5.92. The highest BCUT2D eigenvalue weighted by Gasteiger charge is 2.05. The fourth-order valence-electron chi connectivity index (χ4n) is 1.25. The molecule has 0 aliphatic rings. The van der Waals surface area contributed by atoms with Crippen molar-refractivity contribution < 1.29 is 0 Å². The monoisotopic (exact) mass is 291 g/mol. The van der Waals surface area contributed by atoms with E-state index < -0.39 is 0 Å². The third-order valence-corrected chi connectivity index (χ3v) is 3.47. The van der Waals surface area contributed by atoms with Crippen LogP contribution in [-0.4, -0.2) is 4.98 Å². The van der Waals surface area contributed by atoms with Gasteiger partial charge in [-0.25, -0.2) is 4.98 Å². The molecule has 0 bridgehead atoms. The second kappa shape index (κ2) is 4.80. The van der Waals surface area contributed by atoms with E-state index in [2.05, 4.69) is 4.98 Å². The molecule has 82 valence electrons. The largest absolute Gasteiger partial charge is 0.242 e. The molecule has 0 saturated carbocycles. The summed E-state index contributed by atoms with van der Waals surface area (Å²) in [5.74, 6) is 0. The zero-order chi connectivity index (χ0) is 11.7. The molecule has 16 heavy (non-hydrogen) atoms. The van der Waals surface area contributed by atoms with Gasteiger partial charge in [-0.3, -0.25) is 0 Å². The molecule has 0 fully saturated rings. The van der Waals surface area contributed by atoms with Gasteiger partial charge in [0.2, 0.25) is 0 Å². The molecule has 0 spiro atoms. The number of hydrogen-bond acceptors (Lipinski definition) is 1. The molecular weight excluding hydrogens is 288 g/mol. The molecule has 0 aliphatic heterocycles. The van der Waals surface area contributed by atoms with Gasteiger partial charge in [0.25, 0.3) is 0 Å². The van der Waals surface area contributed by atoms with Gasteiger partial charge < -0.3 is 0 Å². The summed E-state index contributed by atoms with van der Waals surface area (Å²) in [5, 5.41) is 1.69. The standard InChI is InChI=1S/C11H5Cl4N/c12-8-2-1-6(3-9(8)13)7-4-10(14)11(15)16-5-7/h1-5H. The topological polar surface area (TPSA) is 12.9 Å². The molecular formula is C11H5Cl4N. The van der Waals surface area contributed by atoms with Crippen LogP contribution in [0, 0.1) is 0 Å². The van der Waals surface area contributed by atoms with Crippen molar-refractivity contribution in [2.45, 2.75) is 0 Å². The zero-order valence-corrected chi connectivity index (χ0v) is 10.9. The van der Waals surface area contributed by atoms with Gasteiger partial charge in [-0.05, 0) is 23.8 Å². The van der Waals surface area contributed by atoms with Crippen LogP contribution in [-0.2, 0) is 0 Å². The van der Waals surface area contributed by atoms with Gasteiger partial charge in [0, 0.05) is 11.8 Å². The minimum atomic E-state index is 0.283. The lowest BCUT2D eigenvalue weighted by atomic mass is 10.1. The van der Waals surface area contributed by atoms with Crippen LogP contribution in [0.1, 0.15) is 0 Å². The molecule has 1 heterocycles. The molecule has 1 aromatic carbocycles. The van der Waals surface area contributed by atoms with Gasteiger partial charge in [0.05, 0.1) is 15.1 Å². The summed E-state index contributed by atoms with van der Waals surface area (Å²) in [7, 11) is 0. The molecule has 0 radical (unpaired) electrons. The lowest BCUT2D eigenvalue weighted by Crippen LogP contribution is -1.82. The smallest absolute Gasteiger partial charge is 0.147 e. The van der Waals surface area contributed by atoms with Crippen molar-refractivity contribution in [3.05, 3.63) is 50.7 Å². The molecule has 0 N–H and O–H groups in total. The fraction of sp³-hybridized carbons (Fsp3) is 0. The molecule has 2 rings (SSSR count). The number of nitrogens with zero attached hydrogens (tertiary/aromatic N) is 1. The minimum absolute atomic E-state index is 0.283. The molecule has 5 heteroatoms. The first kappa shape index (κ1) is 12.0. The van der Waals surface area contributed by atoms with E-state index in [0.29, 0.717) is 15.1 Å². The summed E-state index contributed by atoms with van der Waals surface area (Å²) in [6.45, 7) is 0. The van der Waals surface area contributed by atoms with E-state index in [4.69, 9.17) is 46.4 Å². The van der Waals surface area contributed by atoms with Crippen LogP contribution in [0.15, 0.2) is 30.5 Å². The molecule has 2 aromatic rings. The number of benzene rings is 1. The Bertz CT molecular complexity index is 490. The second-order valence-corrected chi connectivity index (χ2v) is 4.71. The highest BCUT2D eigenvalue weighted by atomic mass is 35.5. The summed E-state index contributed by atoms with van der Waals surface area (Å²) in [5.41, 5.74) is 1.73. The van der Waals surface area contributed by atoms with Crippen LogP contribution in [0.2, 0.25) is 20.2 Å². The van der Waals surface area contributed by atoms with Crippen LogP contribution >= 0.6 is 46.4 Å². The van der Waals surface area contributed by atoms with Crippen molar-refractivity contribution in [2.24, 2.45) is 0 Å². The number of aromatic nitrogens is 1. The average molecular weight is 293 g/mol. The second-order valence-electron chi connectivity index (χ2n) is 3.13. The predicted molar refractivity (Wildman–Crippen MR) is 69.7 cm³/mol. The van der Waals surface area contributed by atoms with Gasteiger partial charge in [0.15, 0.2) is 0 Å². The van der Waals surface area contributed by atoms with E-state index in [9.17, 15) is 0 Å². The zero-order valence-electron chi connectivity index (χ0n) is 7.85. The Morgan fingerprint density at radius 3 is 2.06 bits per heavy atom. The Morgan fingerprint density at radius 2 is 1.44 bits per heavy atom. The number of halogens is 4. The van der Waals surface area contributed by atoms with Gasteiger partial charge >= 0.3 is 0 Å². The van der Waals surface area contributed by atoms with Crippen molar-refractivity contribution in [3.63, 3.8) is 0 Å². The van der Waals surface area contributed by atoms with E-state index >= 15 is 0 Å². The van der Waals surface area contributed by atoms with E-state index in [1.54, 1.807) is 24.4 Å². The molecule has 0 amide bonds. The van der Waals surface area contributed by atoms with Crippen LogP contribution < -0.4 is 0 Å². The molecule has 0 saturated heterocycles. The van der Waals surface area contributed by atoms with Crippen LogP contribution in [0.25, 0.3) is 11.1 Å². The van der Waals surface area contributed by atoms with Gasteiger partial charge in [0.1, 0.15) is 5.15 Å². The van der Waals surface area contributed by atoms with Crippen molar-refractivity contribution >= 4 is 46.4 Å². The highest BCUT2D eigenvalue weighted by Crippen LogP contribution is 2.30. The molecule has 0 unspecified atom stereocenters. The van der Waals surface area contributed by atoms with E-state index in [1.807, 2.05) is 6.07 Å². The summed E-state index contributed by atoms with van der Waals surface area (Å²) in [4.78, 5) is 3.96. The first-order valence-electron chi connectivity index (χ1n) is 4.34. The first-order chi connectivity index (χ1) is 7.58. The maximum atomic E-state index is 5.92. The third kappa shape index (κ3) is 2.44. The number of rotatable bonds is 1. The molecule has 1 aromatic heterocycles. The summed E-state index contributed by atoms with van der Waals surface area (Å²) in [6, 6.07) is 7.05. The number of pyridine rings is 1. The van der Waals surface area contributed by atoms with Gasteiger partial charge in [-0.2, -0.15) is 0 Å². The van der Waals surface area contributed by atoms with E-state index in [0.717, 1.165) is 11.1 Å². The lowest BCUT2D eigenvalue weighted by Gasteiger charge is -2.04. The van der Waals surface area contributed by atoms with E-state index in [1.165, 1.54) is 0 Å². The van der Waals surface area contributed by atoms with Crippen molar-refractivity contribution in [1.82, 2.24) is 4.98 Å². The molecule has 1 nitrogen and oxygen atoms in total. The highest BCUT2D eigenvalue weighted by molar-refractivity contribution is 6.42. The Balaban J connectivity index is 2.50. The predicted octanol–water partition coefficient (Wildman–Crippen LogP) is 5.36. The van der Waals surface area contributed by atoms with Crippen molar-refractivity contribution in [2.75, 3.05) is 0 Å². The quantitative estimate of drug-likeness (QED) is 0.645. The summed E-state index contributed by atoms with van der Waals surface area (Å²) < 4.78 is 0. The minimum Gasteiger partial charge on any atom is -0.242 e. The third-order valence-electron chi connectivity index (χ3n) is 2.05. The lowest BCUT2D eigenvalue weighted by molar-refractivity contribution is 1.33. The van der Waals surface area contributed by atoms with Crippen molar-refractivity contribution in [3.8, 4) is 11.1 Å². The van der Waals surface area contributed by atoms with Crippen LogP contribution in [0.5, 0.6) is 0 Å². The van der Waals surface area contributed by atoms with Gasteiger partial charge in [-0.1, -0.05) is 52.5 Å².